The van der Waals surface area contributed by atoms with Crippen LogP contribution in [0.3, 0.4) is 0 Å². The number of carbonyl (C=O) groups is 1. The van der Waals surface area contributed by atoms with Crippen LogP contribution in [0.25, 0.3) is 0 Å². The molecule has 1 aliphatic rings. The maximum Gasteiger partial charge on any atom is 0.159 e. The number of hydrogen-bond donors (Lipinski definition) is 0. The summed E-state index contributed by atoms with van der Waals surface area (Å²) in [6.45, 7) is 9.55. The number of nitrogens with zero attached hydrogens (tertiary/aromatic N) is 2. The Labute approximate surface area is 116 Å². The molecular formula is C16H24N2O. The Bertz CT molecular complexity index is 405. The minimum atomic E-state index is 0.135. The van der Waals surface area contributed by atoms with E-state index >= 15 is 0 Å². The molecular weight excluding hydrogens is 236 g/mol. The normalized spacial score (nSPS) is 16.6. The van der Waals surface area contributed by atoms with Gasteiger partial charge in [0, 0.05) is 37.4 Å². The van der Waals surface area contributed by atoms with Gasteiger partial charge in [0.25, 0.3) is 0 Å². The van der Waals surface area contributed by atoms with E-state index in [1.807, 2.05) is 12.1 Å². The summed E-state index contributed by atoms with van der Waals surface area (Å²) in [5, 5.41) is 0. The zero-order chi connectivity index (χ0) is 13.7. The quantitative estimate of drug-likeness (QED) is 0.761. The molecule has 0 spiro atoms. The molecule has 0 atom stereocenters. The van der Waals surface area contributed by atoms with Crippen LogP contribution in [0.15, 0.2) is 24.3 Å². The number of ketones is 1. The second-order valence-corrected chi connectivity index (χ2v) is 5.29. The molecule has 19 heavy (non-hydrogen) atoms. The molecule has 1 heterocycles. The third-order valence-corrected chi connectivity index (χ3v) is 3.84. The molecule has 0 amide bonds. The zero-order valence-corrected chi connectivity index (χ0v) is 12.1. The van der Waals surface area contributed by atoms with Crippen molar-refractivity contribution < 1.29 is 4.79 Å². The smallest absolute Gasteiger partial charge is 0.159 e. The Morgan fingerprint density at radius 1 is 1.11 bits per heavy atom. The molecule has 0 bridgehead atoms. The fraction of sp³-hybridized carbons (Fsp3) is 0.562. The van der Waals surface area contributed by atoms with E-state index in [2.05, 4.69) is 28.9 Å². The molecule has 1 aromatic rings. The summed E-state index contributed by atoms with van der Waals surface area (Å²) in [6, 6.07) is 8.00. The molecule has 1 aromatic carbocycles. The summed E-state index contributed by atoms with van der Waals surface area (Å²) >= 11 is 0. The maximum absolute atomic E-state index is 11.3. The van der Waals surface area contributed by atoms with E-state index in [0.717, 1.165) is 31.7 Å². The van der Waals surface area contributed by atoms with Gasteiger partial charge in [-0.1, -0.05) is 13.3 Å². The number of hydrogen-bond acceptors (Lipinski definition) is 3. The highest BCUT2D eigenvalue weighted by atomic mass is 16.1. The van der Waals surface area contributed by atoms with Gasteiger partial charge >= 0.3 is 0 Å². The number of unbranched alkanes of at least 4 members (excludes halogenated alkanes) is 1. The van der Waals surface area contributed by atoms with Gasteiger partial charge in [-0.15, -0.1) is 0 Å². The second kappa shape index (κ2) is 6.71. The number of piperazine rings is 1. The Hall–Kier alpha value is -1.35. The first-order chi connectivity index (χ1) is 9.20. The summed E-state index contributed by atoms with van der Waals surface area (Å²) in [4.78, 5) is 16.2. The molecule has 1 aliphatic heterocycles. The molecule has 1 saturated heterocycles. The highest BCUT2D eigenvalue weighted by Crippen LogP contribution is 2.17. The number of carbonyl (C=O) groups excluding carboxylic acids is 1. The van der Waals surface area contributed by atoms with Crippen molar-refractivity contribution in [3.63, 3.8) is 0 Å². The van der Waals surface area contributed by atoms with Crippen LogP contribution in [-0.2, 0) is 0 Å². The zero-order valence-electron chi connectivity index (χ0n) is 12.1. The predicted molar refractivity (Wildman–Crippen MR) is 80.0 cm³/mol. The standard InChI is InChI=1S/C16H24N2O/c1-3-4-9-17-10-12-18(13-11-17)16-7-5-15(6-8-16)14(2)19/h5-8H,3-4,9-13H2,1-2H3. The SMILES string of the molecule is CCCCN1CCN(c2ccc(C(C)=O)cc2)CC1. The van der Waals surface area contributed by atoms with Crippen LogP contribution in [0, 0.1) is 0 Å². The van der Waals surface area contributed by atoms with Gasteiger partial charge in [0.1, 0.15) is 0 Å². The highest BCUT2D eigenvalue weighted by Gasteiger charge is 2.16. The van der Waals surface area contributed by atoms with Gasteiger partial charge in [-0.2, -0.15) is 0 Å². The summed E-state index contributed by atoms with van der Waals surface area (Å²) in [5.74, 6) is 0.135. The van der Waals surface area contributed by atoms with E-state index in [0.29, 0.717) is 0 Å². The number of Topliss-reactive ketones (excluding diaryl/α,β-unsaturated/α-hetero) is 1. The Morgan fingerprint density at radius 2 is 1.74 bits per heavy atom. The van der Waals surface area contributed by atoms with Gasteiger partial charge in [-0.25, -0.2) is 0 Å². The van der Waals surface area contributed by atoms with Crippen molar-refractivity contribution in [3.8, 4) is 0 Å². The molecule has 0 saturated carbocycles. The molecule has 0 N–H and O–H groups in total. The topological polar surface area (TPSA) is 23.6 Å². The van der Waals surface area contributed by atoms with Crippen molar-refractivity contribution in [2.24, 2.45) is 0 Å². The van der Waals surface area contributed by atoms with Gasteiger partial charge in [-0.3, -0.25) is 9.69 Å². The van der Waals surface area contributed by atoms with Gasteiger partial charge in [-0.05, 0) is 44.2 Å². The van der Waals surface area contributed by atoms with Crippen LogP contribution in [0.2, 0.25) is 0 Å². The van der Waals surface area contributed by atoms with E-state index in [9.17, 15) is 4.79 Å². The Morgan fingerprint density at radius 3 is 2.26 bits per heavy atom. The molecule has 0 aliphatic carbocycles. The Balaban J connectivity index is 1.88. The number of benzene rings is 1. The van der Waals surface area contributed by atoms with Crippen LogP contribution < -0.4 is 4.90 Å². The third-order valence-electron chi connectivity index (χ3n) is 3.84. The van der Waals surface area contributed by atoms with Gasteiger partial charge in [0.05, 0.1) is 0 Å². The molecule has 1 fully saturated rings. The average molecular weight is 260 g/mol. The van der Waals surface area contributed by atoms with Crippen molar-refractivity contribution in [1.29, 1.82) is 0 Å². The molecule has 3 heteroatoms. The van der Waals surface area contributed by atoms with E-state index in [-0.39, 0.29) is 5.78 Å². The van der Waals surface area contributed by atoms with Crippen molar-refractivity contribution in [2.45, 2.75) is 26.7 Å². The van der Waals surface area contributed by atoms with E-state index < -0.39 is 0 Å². The third kappa shape index (κ3) is 3.80. The summed E-state index contributed by atoms with van der Waals surface area (Å²) < 4.78 is 0. The predicted octanol–water partition coefficient (Wildman–Crippen LogP) is 2.81. The first-order valence-corrected chi connectivity index (χ1v) is 7.29. The monoisotopic (exact) mass is 260 g/mol. The fourth-order valence-electron chi connectivity index (χ4n) is 2.52. The largest absolute Gasteiger partial charge is 0.369 e. The first-order valence-electron chi connectivity index (χ1n) is 7.29. The minimum absolute atomic E-state index is 0.135. The summed E-state index contributed by atoms with van der Waals surface area (Å²) in [7, 11) is 0. The lowest BCUT2D eigenvalue weighted by atomic mass is 10.1. The van der Waals surface area contributed by atoms with Crippen LogP contribution in [0.5, 0.6) is 0 Å². The number of anilines is 1. The van der Waals surface area contributed by atoms with Crippen molar-refractivity contribution >= 4 is 11.5 Å². The molecule has 0 unspecified atom stereocenters. The minimum Gasteiger partial charge on any atom is -0.369 e. The number of rotatable bonds is 5. The second-order valence-electron chi connectivity index (χ2n) is 5.29. The van der Waals surface area contributed by atoms with Crippen LogP contribution in [0.1, 0.15) is 37.0 Å². The van der Waals surface area contributed by atoms with Crippen LogP contribution >= 0.6 is 0 Å². The molecule has 0 radical (unpaired) electrons. The van der Waals surface area contributed by atoms with Gasteiger partial charge < -0.3 is 4.90 Å². The lowest BCUT2D eigenvalue weighted by molar-refractivity contribution is 0.101. The lowest BCUT2D eigenvalue weighted by Crippen LogP contribution is -2.46. The fourth-order valence-corrected chi connectivity index (χ4v) is 2.52. The van der Waals surface area contributed by atoms with E-state index in [4.69, 9.17) is 0 Å². The van der Waals surface area contributed by atoms with Crippen LogP contribution in [0.4, 0.5) is 5.69 Å². The van der Waals surface area contributed by atoms with E-state index in [1.54, 1.807) is 6.92 Å². The summed E-state index contributed by atoms with van der Waals surface area (Å²) in [6.07, 6.45) is 2.57. The highest BCUT2D eigenvalue weighted by molar-refractivity contribution is 5.94. The first kappa shape index (κ1) is 14.1. The summed E-state index contributed by atoms with van der Waals surface area (Å²) in [5.41, 5.74) is 2.03. The van der Waals surface area contributed by atoms with Crippen molar-refractivity contribution in [3.05, 3.63) is 29.8 Å². The van der Waals surface area contributed by atoms with E-state index in [1.165, 1.54) is 25.1 Å². The van der Waals surface area contributed by atoms with Crippen molar-refractivity contribution in [1.82, 2.24) is 4.90 Å². The van der Waals surface area contributed by atoms with Gasteiger partial charge in [0.2, 0.25) is 0 Å². The molecule has 104 valence electrons. The molecule has 3 nitrogen and oxygen atoms in total. The average Bonchev–Trinajstić information content (AvgIpc) is 2.46. The maximum atomic E-state index is 11.3. The van der Waals surface area contributed by atoms with Gasteiger partial charge in [0.15, 0.2) is 5.78 Å². The molecule has 0 aromatic heterocycles. The lowest BCUT2D eigenvalue weighted by Gasteiger charge is -2.36. The molecule has 2 rings (SSSR count). The van der Waals surface area contributed by atoms with Crippen molar-refractivity contribution in [2.75, 3.05) is 37.6 Å². The Kier molecular flexibility index (Phi) is 4.97. The van der Waals surface area contributed by atoms with Crippen LogP contribution in [-0.4, -0.2) is 43.4 Å².